The molecule has 0 bridgehead atoms. The Morgan fingerprint density at radius 1 is 1.55 bits per heavy atom. The highest BCUT2D eigenvalue weighted by Gasteiger charge is 2.21. The number of methoxy groups -OCH3 is 1. The third-order valence-electron chi connectivity index (χ3n) is 3.52. The molecule has 110 valence electrons. The molecule has 5 heteroatoms. The number of ketones is 1. The number of rotatable bonds is 5. The summed E-state index contributed by atoms with van der Waals surface area (Å²) in [7, 11) is 1.62. The largest absolute Gasteiger partial charge is 0.496 e. The average molecular weight is 358 g/mol. The van der Waals surface area contributed by atoms with Crippen LogP contribution in [0.4, 0.5) is 0 Å². The van der Waals surface area contributed by atoms with Gasteiger partial charge in [-0.05, 0) is 40.5 Å². The van der Waals surface area contributed by atoms with Crippen LogP contribution in [0.5, 0.6) is 5.75 Å². The Balaban J connectivity index is 1.99. The molecule has 1 aromatic rings. The highest BCUT2D eigenvalue weighted by molar-refractivity contribution is 9.10. The Kier molecular flexibility index (Phi) is 5.93. The van der Waals surface area contributed by atoms with Crippen LogP contribution in [0, 0.1) is 0 Å². The molecular weight excluding hydrogens is 338 g/mol. The molecule has 1 aliphatic heterocycles. The summed E-state index contributed by atoms with van der Waals surface area (Å²) < 4.78 is 6.01. The highest BCUT2D eigenvalue weighted by atomic mass is 79.9. The predicted octanol–water partition coefficient (Wildman–Crippen LogP) is 3.47. The Bertz CT molecular complexity index is 481. The molecule has 0 spiro atoms. The van der Waals surface area contributed by atoms with E-state index >= 15 is 0 Å². The van der Waals surface area contributed by atoms with Gasteiger partial charge in [-0.1, -0.05) is 6.92 Å². The zero-order valence-electron chi connectivity index (χ0n) is 11.9. The van der Waals surface area contributed by atoms with Crippen LogP contribution in [-0.4, -0.2) is 48.4 Å². The van der Waals surface area contributed by atoms with Gasteiger partial charge in [0.25, 0.3) is 0 Å². The fourth-order valence-electron chi connectivity index (χ4n) is 2.31. The van der Waals surface area contributed by atoms with Crippen molar-refractivity contribution in [3.05, 3.63) is 28.2 Å². The van der Waals surface area contributed by atoms with Crippen molar-refractivity contribution in [3.8, 4) is 5.75 Å². The minimum Gasteiger partial charge on any atom is -0.496 e. The smallest absolute Gasteiger partial charge is 0.176 e. The first-order chi connectivity index (χ1) is 9.63. The van der Waals surface area contributed by atoms with Gasteiger partial charge in [0, 0.05) is 29.7 Å². The predicted molar refractivity (Wildman–Crippen MR) is 88.0 cm³/mol. The molecule has 0 amide bonds. The molecule has 1 unspecified atom stereocenters. The molecule has 1 aromatic carbocycles. The zero-order chi connectivity index (χ0) is 14.5. The second-order valence-corrected chi connectivity index (χ2v) is 7.17. The van der Waals surface area contributed by atoms with Gasteiger partial charge in [0.15, 0.2) is 5.78 Å². The van der Waals surface area contributed by atoms with E-state index in [4.69, 9.17) is 4.74 Å². The number of benzene rings is 1. The summed E-state index contributed by atoms with van der Waals surface area (Å²) in [5.41, 5.74) is 0.740. The number of ether oxygens (including phenoxy) is 1. The lowest BCUT2D eigenvalue weighted by Gasteiger charge is -2.31. The highest BCUT2D eigenvalue weighted by Crippen LogP contribution is 2.26. The van der Waals surface area contributed by atoms with Gasteiger partial charge in [-0.2, -0.15) is 11.8 Å². The number of carbonyl (C=O) groups is 1. The van der Waals surface area contributed by atoms with Crippen LogP contribution >= 0.6 is 27.7 Å². The van der Waals surface area contributed by atoms with Crippen molar-refractivity contribution in [3.63, 3.8) is 0 Å². The van der Waals surface area contributed by atoms with E-state index in [0.29, 0.717) is 11.8 Å². The summed E-state index contributed by atoms with van der Waals surface area (Å²) >= 11 is 5.45. The number of carbonyl (C=O) groups excluding carboxylic acids is 1. The summed E-state index contributed by atoms with van der Waals surface area (Å²) in [6.07, 6.45) is 1.17. The van der Waals surface area contributed by atoms with E-state index in [-0.39, 0.29) is 5.78 Å². The van der Waals surface area contributed by atoms with Gasteiger partial charge in [-0.3, -0.25) is 9.69 Å². The van der Waals surface area contributed by atoms with Crippen LogP contribution in [-0.2, 0) is 0 Å². The number of thioether (sulfide) groups is 1. The minimum absolute atomic E-state index is 0.176. The standard InChI is InChI=1S/C15H20BrNO2S/c1-3-12-9-17(6-7-20-12)10-14(18)11-4-5-15(19-2)13(16)8-11/h4-5,8,12H,3,6-7,9-10H2,1-2H3. The minimum atomic E-state index is 0.176. The molecular formula is C15H20BrNO2S. The van der Waals surface area contributed by atoms with Crippen LogP contribution < -0.4 is 4.74 Å². The third-order valence-corrected chi connectivity index (χ3v) is 5.51. The van der Waals surface area contributed by atoms with Crippen LogP contribution in [0.25, 0.3) is 0 Å². The normalized spacial score (nSPS) is 19.9. The quantitative estimate of drug-likeness (QED) is 0.754. The Morgan fingerprint density at radius 2 is 2.35 bits per heavy atom. The van der Waals surface area contributed by atoms with Crippen LogP contribution in [0.2, 0.25) is 0 Å². The average Bonchev–Trinajstić information content (AvgIpc) is 2.47. The first-order valence-corrected chi connectivity index (χ1v) is 8.69. The lowest BCUT2D eigenvalue weighted by atomic mass is 10.1. The molecule has 20 heavy (non-hydrogen) atoms. The number of Topliss-reactive ketones (excluding diaryl/α,β-unsaturated/α-hetero) is 1. The van der Waals surface area contributed by atoms with Crippen molar-refractivity contribution in [1.82, 2.24) is 4.90 Å². The van der Waals surface area contributed by atoms with Crippen LogP contribution in [0.1, 0.15) is 23.7 Å². The molecule has 1 atom stereocenters. The van der Waals surface area contributed by atoms with E-state index in [9.17, 15) is 4.79 Å². The van der Waals surface area contributed by atoms with E-state index in [0.717, 1.165) is 34.6 Å². The maximum Gasteiger partial charge on any atom is 0.176 e. The molecule has 2 rings (SSSR count). The number of hydrogen-bond donors (Lipinski definition) is 0. The van der Waals surface area contributed by atoms with Crippen LogP contribution in [0.15, 0.2) is 22.7 Å². The topological polar surface area (TPSA) is 29.5 Å². The van der Waals surface area contributed by atoms with Gasteiger partial charge in [0.05, 0.1) is 18.1 Å². The van der Waals surface area contributed by atoms with Crippen molar-refractivity contribution in [2.75, 3.05) is 32.5 Å². The maximum atomic E-state index is 12.3. The molecule has 1 aliphatic rings. The van der Waals surface area contributed by atoms with E-state index in [2.05, 4.69) is 27.8 Å². The second kappa shape index (κ2) is 7.48. The zero-order valence-corrected chi connectivity index (χ0v) is 14.3. The second-order valence-electron chi connectivity index (χ2n) is 4.91. The summed E-state index contributed by atoms with van der Waals surface area (Å²) in [5.74, 6) is 2.05. The first-order valence-electron chi connectivity index (χ1n) is 6.84. The molecule has 0 N–H and O–H groups in total. The fraction of sp³-hybridized carbons (Fsp3) is 0.533. The van der Waals surface area contributed by atoms with Crippen molar-refractivity contribution in [2.45, 2.75) is 18.6 Å². The van der Waals surface area contributed by atoms with E-state index in [1.54, 1.807) is 7.11 Å². The molecule has 0 saturated carbocycles. The molecule has 0 aliphatic carbocycles. The Labute approximate surface area is 133 Å². The third kappa shape index (κ3) is 3.99. The monoisotopic (exact) mass is 357 g/mol. The van der Waals surface area contributed by atoms with E-state index < -0.39 is 0 Å². The maximum absolute atomic E-state index is 12.3. The molecule has 3 nitrogen and oxygen atoms in total. The van der Waals surface area contributed by atoms with E-state index in [1.807, 2.05) is 30.0 Å². The molecule has 1 saturated heterocycles. The van der Waals surface area contributed by atoms with Gasteiger partial charge in [0.1, 0.15) is 5.75 Å². The number of hydrogen-bond acceptors (Lipinski definition) is 4. The SMILES string of the molecule is CCC1CN(CC(=O)c2ccc(OC)c(Br)c2)CCS1. The van der Waals surface area contributed by atoms with Gasteiger partial charge in [-0.25, -0.2) is 0 Å². The summed E-state index contributed by atoms with van der Waals surface area (Å²) in [4.78, 5) is 14.6. The first kappa shape index (κ1) is 15.9. The number of nitrogens with zero attached hydrogens (tertiary/aromatic N) is 1. The van der Waals surface area contributed by atoms with E-state index in [1.165, 1.54) is 6.42 Å². The number of halogens is 1. The Hall–Kier alpha value is -0.520. The van der Waals surface area contributed by atoms with Gasteiger partial charge < -0.3 is 4.74 Å². The fourth-order valence-corrected chi connectivity index (χ4v) is 4.09. The van der Waals surface area contributed by atoms with Crippen molar-refractivity contribution < 1.29 is 9.53 Å². The lowest BCUT2D eigenvalue weighted by molar-refractivity contribution is 0.0932. The molecule has 0 aromatic heterocycles. The van der Waals surface area contributed by atoms with Gasteiger partial charge >= 0.3 is 0 Å². The summed E-state index contributed by atoms with van der Waals surface area (Å²) in [6, 6.07) is 5.51. The van der Waals surface area contributed by atoms with Crippen molar-refractivity contribution in [2.24, 2.45) is 0 Å². The molecule has 0 radical (unpaired) electrons. The van der Waals surface area contributed by atoms with Crippen molar-refractivity contribution >= 4 is 33.5 Å². The Morgan fingerprint density at radius 3 is 3.00 bits per heavy atom. The summed E-state index contributed by atoms with van der Waals surface area (Å²) in [6.45, 7) is 4.74. The molecule has 1 fully saturated rings. The van der Waals surface area contributed by atoms with Crippen LogP contribution in [0.3, 0.4) is 0 Å². The summed E-state index contributed by atoms with van der Waals surface area (Å²) in [5, 5.41) is 0.666. The molecule has 1 heterocycles. The lowest BCUT2D eigenvalue weighted by Crippen LogP contribution is -2.40. The van der Waals surface area contributed by atoms with Gasteiger partial charge in [-0.15, -0.1) is 0 Å². The van der Waals surface area contributed by atoms with Crippen molar-refractivity contribution in [1.29, 1.82) is 0 Å². The van der Waals surface area contributed by atoms with Gasteiger partial charge in [0.2, 0.25) is 0 Å².